The Labute approximate surface area is 212 Å². The van der Waals surface area contributed by atoms with E-state index in [2.05, 4.69) is 15.7 Å². The fraction of sp³-hybridized carbons (Fsp3) is 0.185. The summed E-state index contributed by atoms with van der Waals surface area (Å²) < 4.78 is 6.95. The van der Waals surface area contributed by atoms with Crippen molar-refractivity contribution in [2.75, 3.05) is 5.32 Å². The first-order chi connectivity index (χ1) is 17.4. The molecule has 5 rings (SSSR count). The van der Waals surface area contributed by atoms with Crippen LogP contribution in [0.2, 0.25) is 0 Å². The number of aryl methyl sites for hydroxylation is 1. The van der Waals surface area contributed by atoms with E-state index in [1.807, 2.05) is 55.8 Å². The van der Waals surface area contributed by atoms with E-state index >= 15 is 0 Å². The highest BCUT2D eigenvalue weighted by molar-refractivity contribution is 7.15. The molecule has 0 saturated heterocycles. The Morgan fingerprint density at radius 3 is 2.56 bits per heavy atom. The fourth-order valence-electron chi connectivity index (χ4n) is 3.87. The van der Waals surface area contributed by atoms with Crippen LogP contribution < -0.4 is 10.6 Å². The normalized spacial score (nSPS) is 11.2. The van der Waals surface area contributed by atoms with Gasteiger partial charge in [0.1, 0.15) is 0 Å². The minimum Gasteiger partial charge on any atom is -0.459 e. The summed E-state index contributed by atoms with van der Waals surface area (Å²) >= 11 is 1.64. The number of amides is 2. The van der Waals surface area contributed by atoms with Crippen LogP contribution in [0.25, 0.3) is 21.6 Å². The Hall–Kier alpha value is -4.24. The summed E-state index contributed by atoms with van der Waals surface area (Å²) in [6.07, 6.45) is 3.16. The van der Waals surface area contributed by atoms with Crippen molar-refractivity contribution in [2.45, 2.75) is 33.4 Å². The molecule has 5 aromatic rings. The number of hydrogen-bond donors (Lipinski definition) is 2. The van der Waals surface area contributed by atoms with E-state index in [9.17, 15) is 9.59 Å². The molecule has 2 N–H and O–H groups in total. The molecule has 1 aromatic carbocycles. The van der Waals surface area contributed by atoms with Gasteiger partial charge in [0.25, 0.3) is 11.8 Å². The topological polar surface area (TPSA) is 102 Å². The van der Waals surface area contributed by atoms with E-state index in [0.29, 0.717) is 28.8 Å². The average Bonchev–Trinajstić information content (AvgIpc) is 3.63. The molecule has 0 aliphatic carbocycles. The zero-order valence-corrected chi connectivity index (χ0v) is 20.9. The largest absolute Gasteiger partial charge is 0.459 e. The van der Waals surface area contributed by atoms with E-state index < -0.39 is 0 Å². The summed E-state index contributed by atoms with van der Waals surface area (Å²) in [5.41, 5.74) is 3.52. The van der Waals surface area contributed by atoms with Crippen molar-refractivity contribution in [1.82, 2.24) is 20.1 Å². The molecule has 4 aromatic heterocycles. The predicted molar refractivity (Wildman–Crippen MR) is 140 cm³/mol. The second-order valence-electron chi connectivity index (χ2n) is 8.70. The molecule has 182 valence electrons. The molecule has 0 spiro atoms. The van der Waals surface area contributed by atoms with Gasteiger partial charge in [0.15, 0.2) is 11.4 Å². The van der Waals surface area contributed by atoms with Crippen molar-refractivity contribution < 1.29 is 14.0 Å². The molecule has 0 radical (unpaired) electrons. The quantitative estimate of drug-likeness (QED) is 0.294. The van der Waals surface area contributed by atoms with Gasteiger partial charge in [0.2, 0.25) is 0 Å². The Bertz CT molecular complexity index is 1530. The van der Waals surface area contributed by atoms with Gasteiger partial charge >= 0.3 is 0 Å². The number of fused-ring (bicyclic) bond motifs is 1. The SMILES string of the molecule is Cc1ccc(-c2cc(C(=O)NCc3ccc(NC(=O)c4ccco4)cc3)c3cnn(C(C)C)c3n2)s1. The number of aromatic nitrogens is 3. The summed E-state index contributed by atoms with van der Waals surface area (Å²) in [6.45, 7) is 6.46. The van der Waals surface area contributed by atoms with Crippen LogP contribution in [0.5, 0.6) is 0 Å². The second-order valence-corrected chi connectivity index (χ2v) is 9.98. The lowest BCUT2D eigenvalue weighted by Crippen LogP contribution is -2.23. The first kappa shape index (κ1) is 23.5. The number of carbonyl (C=O) groups is 2. The Morgan fingerprint density at radius 1 is 1.08 bits per heavy atom. The molecule has 2 amide bonds. The number of carbonyl (C=O) groups excluding carboxylic acids is 2. The molecule has 36 heavy (non-hydrogen) atoms. The standard InChI is InChI=1S/C27H25N5O3S/c1-16(2)32-25-21(15-29-32)20(13-22(31-25)24-11-6-17(3)36-24)26(33)28-14-18-7-9-19(10-8-18)30-27(34)23-5-4-12-35-23/h4-13,15-16H,14H2,1-3H3,(H,28,33)(H,30,34). The molecule has 4 heterocycles. The lowest BCUT2D eigenvalue weighted by Gasteiger charge is -2.11. The van der Waals surface area contributed by atoms with Crippen molar-refractivity contribution in [3.05, 3.63) is 88.8 Å². The summed E-state index contributed by atoms with van der Waals surface area (Å²) in [7, 11) is 0. The van der Waals surface area contributed by atoms with Crippen LogP contribution in [0.1, 0.15) is 51.2 Å². The third kappa shape index (κ3) is 4.78. The third-order valence-electron chi connectivity index (χ3n) is 5.70. The highest BCUT2D eigenvalue weighted by atomic mass is 32.1. The van der Waals surface area contributed by atoms with Crippen LogP contribution in [0.15, 0.2) is 71.5 Å². The maximum absolute atomic E-state index is 13.3. The van der Waals surface area contributed by atoms with Gasteiger partial charge < -0.3 is 15.1 Å². The number of furan rings is 1. The summed E-state index contributed by atoms with van der Waals surface area (Å²) in [5.74, 6) is -0.273. The van der Waals surface area contributed by atoms with Gasteiger partial charge in [-0.05, 0) is 68.8 Å². The molecular weight excluding hydrogens is 474 g/mol. The average molecular weight is 500 g/mol. The van der Waals surface area contributed by atoms with Gasteiger partial charge in [-0.15, -0.1) is 11.3 Å². The Balaban J connectivity index is 1.35. The van der Waals surface area contributed by atoms with E-state index in [0.717, 1.165) is 16.1 Å². The lowest BCUT2D eigenvalue weighted by atomic mass is 10.1. The van der Waals surface area contributed by atoms with E-state index in [1.165, 1.54) is 11.1 Å². The van der Waals surface area contributed by atoms with Crippen molar-refractivity contribution in [3.63, 3.8) is 0 Å². The van der Waals surface area contributed by atoms with E-state index in [1.54, 1.807) is 41.8 Å². The van der Waals surface area contributed by atoms with Crippen LogP contribution >= 0.6 is 11.3 Å². The van der Waals surface area contributed by atoms with Crippen molar-refractivity contribution in [1.29, 1.82) is 0 Å². The number of thiophene rings is 1. The molecule has 0 bridgehead atoms. The second kappa shape index (κ2) is 9.79. The number of nitrogens with zero attached hydrogens (tertiary/aromatic N) is 3. The van der Waals surface area contributed by atoms with Gasteiger partial charge in [-0.2, -0.15) is 5.10 Å². The van der Waals surface area contributed by atoms with E-state index in [-0.39, 0.29) is 23.6 Å². The molecule has 0 saturated carbocycles. The highest BCUT2D eigenvalue weighted by Crippen LogP contribution is 2.30. The van der Waals surface area contributed by atoms with Crippen molar-refractivity contribution in [3.8, 4) is 10.6 Å². The highest BCUT2D eigenvalue weighted by Gasteiger charge is 2.19. The lowest BCUT2D eigenvalue weighted by molar-refractivity contribution is 0.0951. The maximum Gasteiger partial charge on any atom is 0.291 e. The number of pyridine rings is 1. The van der Waals surface area contributed by atoms with Crippen LogP contribution in [0, 0.1) is 6.92 Å². The third-order valence-corrected chi connectivity index (χ3v) is 6.73. The van der Waals surface area contributed by atoms with Crippen LogP contribution in [-0.4, -0.2) is 26.6 Å². The first-order valence-corrected chi connectivity index (χ1v) is 12.4. The minimum atomic E-state index is -0.318. The molecule has 9 heteroatoms. The summed E-state index contributed by atoms with van der Waals surface area (Å²) in [4.78, 5) is 32.5. The molecular formula is C27H25N5O3S. The number of rotatable bonds is 7. The van der Waals surface area contributed by atoms with Crippen molar-refractivity contribution >= 4 is 39.9 Å². The smallest absolute Gasteiger partial charge is 0.291 e. The number of nitrogens with one attached hydrogen (secondary N) is 2. The number of anilines is 1. The predicted octanol–water partition coefficient (Wildman–Crippen LogP) is 5.82. The molecule has 0 unspecified atom stereocenters. The Morgan fingerprint density at radius 2 is 1.89 bits per heavy atom. The maximum atomic E-state index is 13.3. The summed E-state index contributed by atoms with van der Waals surface area (Å²) in [6, 6.07) is 16.6. The van der Waals surface area contributed by atoms with Gasteiger partial charge in [0, 0.05) is 23.2 Å². The van der Waals surface area contributed by atoms with Gasteiger partial charge in [-0.1, -0.05) is 12.1 Å². The molecule has 0 fully saturated rings. The monoisotopic (exact) mass is 499 g/mol. The Kier molecular flexibility index (Phi) is 6.39. The van der Waals surface area contributed by atoms with Gasteiger partial charge in [-0.25, -0.2) is 9.67 Å². The minimum absolute atomic E-state index is 0.109. The van der Waals surface area contributed by atoms with Crippen LogP contribution in [-0.2, 0) is 6.54 Å². The number of hydrogen-bond acceptors (Lipinski definition) is 6. The van der Waals surface area contributed by atoms with Crippen LogP contribution in [0.3, 0.4) is 0 Å². The summed E-state index contributed by atoms with van der Waals surface area (Å²) in [5, 5.41) is 11.0. The molecule has 0 aliphatic rings. The molecule has 0 aliphatic heterocycles. The zero-order chi connectivity index (χ0) is 25.2. The first-order valence-electron chi connectivity index (χ1n) is 11.6. The van der Waals surface area contributed by atoms with Crippen LogP contribution in [0.4, 0.5) is 5.69 Å². The van der Waals surface area contributed by atoms with Gasteiger partial charge in [-0.3, -0.25) is 9.59 Å². The zero-order valence-electron chi connectivity index (χ0n) is 20.1. The molecule has 8 nitrogen and oxygen atoms in total. The van der Waals surface area contributed by atoms with E-state index in [4.69, 9.17) is 9.40 Å². The fourth-order valence-corrected chi connectivity index (χ4v) is 4.69. The molecule has 0 atom stereocenters. The van der Waals surface area contributed by atoms with Crippen molar-refractivity contribution in [2.24, 2.45) is 0 Å². The number of benzene rings is 1. The van der Waals surface area contributed by atoms with Gasteiger partial charge in [0.05, 0.1) is 34.0 Å².